The zero-order valence-electron chi connectivity index (χ0n) is 16.5. The minimum absolute atomic E-state index is 0.231. The van der Waals surface area contributed by atoms with Crippen molar-refractivity contribution >= 4 is 11.7 Å². The molecule has 10 heteroatoms. The van der Waals surface area contributed by atoms with Crippen molar-refractivity contribution in [3.8, 4) is 17.1 Å². The van der Waals surface area contributed by atoms with Crippen molar-refractivity contribution in [2.75, 3.05) is 19.0 Å². The van der Waals surface area contributed by atoms with Gasteiger partial charge in [-0.1, -0.05) is 29.4 Å². The number of amides is 2. The van der Waals surface area contributed by atoms with Crippen LogP contribution in [0.5, 0.6) is 5.75 Å². The third-order valence-electron chi connectivity index (χ3n) is 5.04. The number of carbonyl (C=O) groups excluding carboxylic acids is 1. The number of nitrogens with zero attached hydrogens (tertiary/aromatic N) is 3. The molecular formula is C21H19F3N4O3. The SMILES string of the molecule is COc1cccc(-c2noc([C@@H]3CCCN3C(=O)Nc3ccccc3C(F)(F)F)n2)c1. The summed E-state index contributed by atoms with van der Waals surface area (Å²) in [6, 6.07) is 10.8. The maximum Gasteiger partial charge on any atom is 0.418 e. The van der Waals surface area contributed by atoms with Crippen LogP contribution in [0.1, 0.15) is 30.3 Å². The van der Waals surface area contributed by atoms with Crippen LogP contribution < -0.4 is 10.1 Å². The molecule has 0 spiro atoms. The van der Waals surface area contributed by atoms with E-state index in [1.165, 1.54) is 23.1 Å². The third kappa shape index (κ3) is 4.32. The van der Waals surface area contributed by atoms with E-state index in [1.807, 2.05) is 0 Å². The van der Waals surface area contributed by atoms with Crippen LogP contribution in [0, 0.1) is 0 Å². The van der Waals surface area contributed by atoms with Gasteiger partial charge < -0.3 is 19.5 Å². The predicted octanol–water partition coefficient (Wildman–Crippen LogP) is 5.13. The number of rotatable bonds is 4. The molecule has 0 radical (unpaired) electrons. The van der Waals surface area contributed by atoms with Crippen LogP contribution >= 0.6 is 0 Å². The van der Waals surface area contributed by atoms with Gasteiger partial charge in [0.1, 0.15) is 11.8 Å². The van der Waals surface area contributed by atoms with Crippen LogP contribution in [0.15, 0.2) is 53.1 Å². The highest BCUT2D eigenvalue weighted by atomic mass is 19.4. The van der Waals surface area contributed by atoms with E-state index < -0.39 is 23.8 Å². The standard InChI is InChI=1S/C21H19F3N4O3/c1-30-14-7-4-6-13(12-14)18-26-19(31-27-18)17-10-5-11-28(17)20(29)25-16-9-3-2-8-15(16)21(22,23)24/h2-4,6-9,12,17H,5,10-11H2,1H3,(H,25,29)/t17-/m0/s1. The Morgan fingerprint density at radius 1 is 1.23 bits per heavy atom. The molecule has 1 aliphatic rings. The third-order valence-corrected chi connectivity index (χ3v) is 5.04. The number of hydrogen-bond donors (Lipinski definition) is 1. The van der Waals surface area contributed by atoms with Crippen molar-refractivity contribution in [2.45, 2.75) is 25.1 Å². The molecule has 3 aromatic rings. The Morgan fingerprint density at radius 2 is 2.03 bits per heavy atom. The van der Waals surface area contributed by atoms with Crippen molar-refractivity contribution in [1.82, 2.24) is 15.0 Å². The second-order valence-electron chi connectivity index (χ2n) is 7.01. The summed E-state index contributed by atoms with van der Waals surface area (Å²) in [5.74, 6) is 1.20. The van der Waals surface area contributed by atoms with E-state index in [0.29, 0.717) is 36.5 Å². The first-order valence-corrected chi connectivity index (χ1v) is 9.58. The number of anilines is 1. The highest BCUT2D eigenvalue weighted by Crippen LogP contribution is 2.36. The van der Waals surface area contributed by atoms with Crippen LogP contribution in [0.4, 0.5) is 23.7 Å². The quantitative estimate of drug-likeness (QED) is 0.618. The van der Waals surface area contributed by atoms with E-state index in [9.17, 15) is 18.0 Å². The Morgan fingerprint density at radius 3 is 2.81 bits per heavy atom. The lowest BCUT2D eigenvalue weighted by atomic mass is 10.1. The summed E-state index contributed by atoms with van der Waals surface area (Å²) in [4.78, 5) is 18.6. The van der Waals surface area contributed by atoms with Crippen LogP contribution in [-0.4, -0.2) is 34.7 Å². The lowest BCUT2D eigenvalue weighted by Gasteiger charge is -2.23. The molecule has 7 nitrogen and oxygen atoms in total. The van der Waals surface area contributed by atoms with Crippen molar-refractivity contribution in [3.05, 3.63) is 60.0 Å². The van der Waals surface area contributed by atoms with E-state index in [1.54, 1.807) is 31.4 Å². The fourth-order valence-corrected chi connectivity index (χ4v) is 3.54. The summed E-state index contributed by atoms with van der Waals surface area (Å²) in [5.41, 5.74) is -0.520. The van der Waals surface area contributed by atoms with Gasteiger partial charge in [-0.25, -0.2) is 4.79 Å². The first kappa shape index (κ1) is 20.7. The minimum Gasteiger partial charge on any atom is -0.497 e. The molecule has 1 atom stereocenters. The van der Waals surface area contributed by atoms with Gasteiger partial charge >= 0.3 is 12.2 Å². The number of urea groups is 1. The summed E-state index contributed by atoms with van der Waals surface area (Å²) >= 11 is 0. The Hall–Kier alpha value is -3.56. The number of methoxy groups -OCH3 is 1. The molecule has 0 saturated carbocycles. The zero-order valence-corrected chi connectivity index (χ0v) is 16.5. The average molecular weight is 432 g/mol. The fourth-order valence-electron chi connectivity index (χ4n) is 3.54. The van der Waals surface area contributed by atoms with Gasteiger partial charge in [-0.3, -0.25) is 0 Å². The highest BCUT2D eigenvalue weighted by molar-refractivity contribution is 5.90. The number of alkyl halides is 3. The van der Waals surface area contributed by atoms with Gasteiger partial charge in [0.15, 0.2) is 0 Å². The molecule has 2 heterocycles. The van der Waals surface area contributed by atoms with E-state index in [-0.39, 0.29) is 11.6 Å². The van der Waals surface area contributed by atoms with E-state index in [0.717, 1.165) is 6.07 Å². The molecule has 2 aromatic carbocycles. The number of ether oxygens (including phenoxy) is 1. The first-order valence-electron chi connectivity index (χ1n) is 9.58. The first-order chi connectivity index (χ1) is 14.9. The number of hydrogen-bond acceptors (Lipinski definition) is 5. The number of aromatic nitrogens is 2. The monoisotopic (exact) mass is 432 g/mol. The summed E-state index contributed by atoms with van der Waals surface area (Å²) in [6.07, 6.45) is -3.35. The molecule has 1 aliphatic heterocycles. The molecule has 0 unspecified atom stereocenters. The van der Waals surface area contributed by atoms with Crippen LogP contribution in [0.25, 0.3) is 11.4 Å². The molecule has 1 fully saturated rings. The van der Waals surface area contributed by atoms with E-state index in [2.05, 4.69) is 15.5 Å². The second kappa shape index (κ2) is 8.29. The van der Waals surface area contributed by atoms with Gasteiger partial charge in [-0.15, -0.1) is 0 Å². The minimum atomic E-state index is -4.58. The molecule has 31 heavy (non-hydrogen) atoms. The van der Waals surface area contributed by atoms with Crippen molar-refractivity contribution < 1.29 is 27.2 Å². The van der Waals surface area contributed by atoms with Crippen molar-refractivity contribution in [1.29, 1.82) is 0 Å². The Bertz CT molecular complexity index is 1080. The van der Waals surface area contributed by atoms with Gasteiger partial charge in [0.25, 0.3) is 0 Å². The summed E-state index contributed by atoms with van der Waals surface area (Å²) < 4.78 is 50.3. The number of halogens is 3. The summed E-state index contributed by atoms with van der Waals surface area (Å²) in [7, 11) is 1.55. The van der Waals surface area contributed by atoms with Crippen molar-refractivity contribution in [2.24, 2.45) is 0 Å². The smallest absolute Gasteiger partial charge is 0.418 e. The highest BCUT2D eigenvalue weighted by Gasteiger charge is 2.37. The average Bonchev–Trinajstić information content (AvgIpc) is 3.43. The lowest BCUT2D eigenvalue weighted by molar-refractivity contribution is -0.136. The molecule has 2 amide bonds. The Balaban J connectivity index is 1.54. The molecule has 1 N–H and O–H groups in total. The van der Waals surface area contributed by atoms with Gasteiger partial charge in [-0.05, 0) is 37.1 Å². The van der Waals surface area contributed by atoms with Gasteiger partial charge in [-0.2, -0.15) is 18.2 Å². The van der Waals surface area contributed by atoms with Crippen molar-refractivity contribution in [3.63, 3.8) is 0 Å². The zero-order chi connectivity index (χ0) is 22.0. The number of carbonyl (C=O) groups is 1. The van der Waals surface area contributed by atoms with Crippen LogP contribution in [-0.2, 0) is 6.18 Å². The summed E-state index contributed by atoms with van der Waals surface area (Å²) in [6.45, 7) is 0.363. The molecule has 0 aliphatic carbocycles. The number of likely N-dealkylation sites (tertiary alicyclic amines) is 1. The topological polar surface area (TPSA) is 80.5 Å². The molecule has 0 bridgehead atoms. The maximum absolute atomic E-state index is 13.2. The molecular weight excluding hydrogens is 413 g/mol. The second-order valence-corrected chi connectivity index (χ2v) is 7.01. The van der Waals surface area contributed by atoms with E-state index >= 15 is 0 Å². The largest absolute Gasteiger partial charge is 0.497 e. The fraction of sp³-hybridized carbons (Fsp3) is 0.286. The molecule has 1 saturated heterocycles. The summed E-state index contributed by atoms with van der Waals surface area (Å²) in [5, 5.41) is 6.35. The molecule has 162 valence electrons. The Labute approximate surface area is 175 Å². The van der Waals surface area contributed by atoms with Gasteiger partial charge in [0, 0.05) is 12.1 Å². The van der Waals surface area contributed by atoms with Crippen LogP contribution in [0.2, 0.25) is 0 Å². The normalized spacial score (nSPS) is 16.4. The van der Waals surface area contributed by atoms with Gasteiger partial charge in [0.05, 0.1) is 18.4 Å². The number of para-hydroxylation sites is 1. The predicted molar refractivity (Wildman–Crippen MR) is 105 cm³/mol. The Kier molecular flexibility index (Phi) is 5.53. The van der Waals surface area contributed by atoms with Gasteiger partial charge in [0.2, 0.25) is 11.7 Å². The molecule has 4 rings (SSSR count). The number of nitrogens with one attached hydrogen (secondary N) is 1. The van der Waals surface area contributed by atoms with E-state index in [4.69, 9.17) is 9.26 Å². The molecule has 1 aromatic heterocycles. The number of benzene rings is 2. The maximum atomic E-state index is 13.2. The lowest BCUT2D eigenvalue weighted by Crippen LogP contribution is -2.35. The van der Waals surface area contributed by atoms with Crippen LogP contribution in [0.3, 0.4) is 0 Å².